The Morgan fingerprint density at radius 2 is 1.84 bits per heavy atom. The van der Waals surface area contributed by atoms with Gasteiger partial charge in [-0.25, -0.2) is 0 Å². The lowest BCUT2D eigenvalue weighted by atomic mass is 9.86. The van der Waals surface area contributed by atoms with Crippen molar-refractivity contribution >= 4 is 10.1 Å². The van der Waals surface area contributed by atoms with E-state index < -0.39 is 10.1 Å². The van der Waals surface area contributed by atoms with Gasteiger partial charge >= 0.3 is 0 Å². The average Bonchev–Trinajstić information content (AvgIpc) is 2.59. The summed E-state index contributed by atoms with van der Waals surface area (Å²) in [5, 5.41) is 0. The number of benzene rings is 1. The standard InChI is InChI=1S/C19H29NO4S/c1-25(21,22)24-13-12-18-19(23-15-16-8-4-2-5-9-16)14-20(18)17-10-6-3-7-11-17/h2,4-5,8-9,17-19H,3,6-7,10-15H2,1H3/t18-,19-/m1/s1. The highest BCUT2D eigenvalue weighted by molar-refractivity contribution is 7.85. The molecule has 0 aromatic heterocycles. The van der Waals surface area contributed by atoms with Crippen LogP contribution in [0.15, 0.2) is 30.3 Å². The highest BCUT2D eigenvalue weighted by atomic mass is 32.2. The first-order valence-corrected chi connectivity index (χ1v) is 11.1. The topological polar surface area (TPSA) is 55.8 Å². The maximum absolute atomic E-state index is 11.2. The lowest BCUT2D eigenvalue weighted by molar-refractivity contribution is -0.136. The van der Waals surface area contributed by atoms with Crippen LogP contribution in [0.5, 0.6) is 0 Å². The molecule has 5 nitrogen and oxygen atoms in total. The van der Waals surface area contributed by atoms with E-state index in [1.807, 2.05) is 18.2 Å². The van der Waals surface area contributed by atoms with Gasteiger partial charge in [-0.1, -0.05) is 49.6 Å². The largest absolute Gasteiger partial charge is 0.371 e. The molecule has 140 valence electrons. The fourth-order valence-corrected chi connectivity index (χ4v) is 4.39. The molecule has 2 fully saturated rings. The Labute approximate surface area is 151 Å². The molecule has 1 heterocycles. The van der Waals surface area contributed by atoms with Gasteiger partial charge in [0, 0.05) is 18.6 Å². The van der Waals surface area contributed by atoms with Gasteiger partial charge in [-0.15, -0.1) is 0 Å². The van der Waals surface area contributed by atoms with Crippen LogP contribution in [0.25, 0.3) is 0 Å². The highest BCUT2D eigenvalue weighted by Crippen LogP contribution is 2.33. The number of hydrogen-bond donors (Lipinski definition) is 0. The van der Waals surface area contributed by atoms with E-state index in [4.69, 9.17) is 8.92 Å². The number of nitrogens with zero attached hydrogens (tertiary/aromatic N) is 1. The molecule has 1 saturated carbocycles. The van der Waals surface area contributed by atoms with E-state index >= 15 is 0 Å². The zero-order valence-corrected chi connectivity index (χ0v) is 15.8. The van der Waals surface area contributed by atoms with Crippen molar-refractivity contribution in [3.63, 3.8) is 0 Å². The minimum Gasteiger partial charge on any atom is -0.371 e. The van der Waals surface area contributed by atoms with Gasteiger partial charge in [-0.3, -0.25) is 9.08 Å². The van der Waals surface area contributed by atoms with Crippen LogP contribution in [0.2, 0.25) is 0 Å². The fourth-order valence-electron chi connectivity index (χ4n) is 3.99. The molecule has 0 spiro atoms. The molecule has 1 aromatic rings. The van der Waals surface area contributed by atoms with Crippen LogP contribution < -0.4 is 0 Å². The zero-order chi connectivity index (χ0) is 17.7. The third-order valence-electron chi connectivity index (χ3n) is 5.31. The first-order valence-electron chi connectivity index (χ1n) is 9.28. The Balaban J connectivity index is 1.55. The van der Waals surface area contributed by atoms with Gasteiger partial charge in [0.2, 0.25) is 0 Å². The molecular formula is C19H29NO4S. The summed E-state index contributed by atoms with van der Waals surface area (Å²) in [6.07, 6.45) is 8.38. The van der Waals surface area contributed by atoms with Crippen LogP contribution in [0.1, 0.15) is 44.1 Å². The Morgan fingerprint density at radius 1 is 1.12 bits per heavy atom. The Bertz CT molecular complexity index is 628. The molecule has 2 atom stereocenters. The molecular weight excluding hydrogens is 338 g/mol. The second-order valence-electron chi connectivity index (χ2n) is 7.21. The van der Waals surface area contributed by atoms with E-state index in [9.17, 15) is 8.42 Å². The second-order valence-corrected chi connectivity index (χ2v) is 8.85. The molecule has 3 rings (SSSR count). The summed E-state index contributed by atoms with van der Waals surface area (Å²) in [4.78, 5) is 2.51. The molecule has 1 aliphatic carbocycles. The predicted molar refractivity (Wildman–Crippen MR) is 97.8 cm³/mol. The van der Waals surface area contributed by atoms with Gasteiger partial charge in [0.05, 0.1) is 25.6 Å². The highest BCUT2D eigenvalue weighted by Gasteiger charge is 2.43. The first-order chi connectivity index (χ1) is 12.0. The van der Waals surface area contributed by atoms with Gasteiger partial charge in [-0.05, 0) is 24.8 Å². The van der Waals surface area contributed by atoms with Gasteiger partial charge in [0.15, 0.2) is 0 Å². The summed E-state index contributed by atoms with van der Waals surface area (Å²) in [6, 6.07) is 11.1. The zero-order valence-electron chi connectivity index (χ0n) is 15.0. The summed E-state index contributed by atoms with van der Waals surface area (Å²) >= 11 is 0. The lowest BCUT2D eigenvalue weighted by Crippen LogP contribution is -2.64. The number of ether oxygens (including phenoxy) is 1. The quantitative estimate of drug-likeness (QED) is 0.661. The predicted octanol–water partition coefficient (Wildman–Crippen LogP) is 2.96. The van der Waals surface area contributed by atoms with E-state index in [-0.39, 0.29) is 18.8 Å². The number of hydrogen-bond acceptors (Lipinski definition) is 5. The van der Waals surface area contributed by atoms with E-state index in [2.05, 4.69) is 17.0 Å². The first kappa shape index (κ1) is 18.8. The van der Waals surface area contributed by atoms with Crippen molar-refractivity contribution in [2.75, 3.05) is 19.4 Å². The third-order valence-corrected chi connectivity index (χ3v) is 5.90. The van der Waals surface area contributed by atoms with Crippen LogP contribution in [0, 0.1) is 0 Å². The van der Waals surface area contributed by atoms with Crippen molar-refractivity contribution in [3.05, 3.63) is 35.9 Å². The minimum absolute atomic E-state index is 0.158. The molecule has 0 radical (unpaired) electrons. The molecule has 2 aliphatic rings. The fraction of sp³-hybridized carbons (Fsp3) is 0.684. The van der Waals surface area contributed by atoms with Crippen molar-refractivity contribution in [2.24, 2.45) is 0 Å². The molecule has 1 aromatic carbocycles. The maximum Gasteiger partial charge on any atom is 0.264 e. The molecule has 0 bridgehead atoms. The van der Waals surface area contributed by atoms with Gasteiger partial charge in [0.25, 0.3) is 10.1 Å². The molecule has 0 unspecified atom stereocenters. The van der Waals surface area contributed by atoms with Crippen LogP contribution in [0.3, 0.4) is 0 Å². The number of rotatable bonds is 8. The lowest BCUT2D eigenvalue weighted by Gasteiger charge is -2.52. The minimum atomic E-state index is -3.38. The summed E-state index contributed by atoms with van der Waals surface area (Å²) in [5.41, 5.74) is 1.17. The second kappa shape index (κ2) is 8.62. The maximum atomic E-state index is 11.2. The van der Waals surface area contributed by atoms with Gasteiger partial charge < -0.3 is 4.74 Å². The van der Waals surface area contributed by atoms with E-state index in [1.54, 1.807) is 0 Å². The van der Waals surface area contributed by atoms with Crippen molar-refractivity contribution in [1.29, 1.82) is 0 Å². The van der Waals surface area contributed by atoms with E-state index in [0.717, 1.165) is 12.8 Å². The van der Waals surface area contributed by atoms with Gasteiger partial charge in [0.1, 0.15) is 0 Å². The monoisotopic (exact) mass is 367 g/mol. The van der Waals surface area contributed by atoms with Crippen LogP contribution in [0.4, 0.5) is 0 Å². The normalized spacial score (nSPS) is 25.6. The Hall–Kier alpha value is -0.950. The Morgan fingerprint density at radius 3 is 2.52 bits per heavy atom. The summed E-state index contributed by atoms with van der Waals surface area (Å²) in [6.45, 7) is 1.78. The van der Waals surface area contributed by atoms with Crippen molar-refractivity contribution < 1.29 is 17.3 Å². The van der Waals surface area contributed by atoms with Crippen molar-refractivity contribution in [2.45, 2.75) is 63.3 Å². The summed E-state index contributed by atoms with van der Waals surface area (Å²) in [7, 11) is -3.38. The summed E-state index contributed by atoms with van der Waals surface area (Å²) < 4.78 is 33.6. The molecule has 0 N–H and O–H groups in total. The van der Waals surface area contributed by atoms with Crippen LogP contribution in [-0.2, 0) is 25.6 Å². The van der Waals surface area contributed by atoms with Gasteiger partial charge in [-0.2, -0.15) is 8.42 Å². The van der Waals surface area contributed by atoms with Crippen molar-refractivity contribution in [1.82, 2.24) is 4.90 Å². The Kier molecular flexibility index (Phi) is 6.49. The van der Waals surface area contributed by atoms with Crippen molar-refractivity contribution in [3.8, 4) is 0 Å². The third kappa shape index (κ3) is 5.51. The average molecular weight is 368 g/mol. The summed E-state index contributed by atoms with van der Waals surface area (Å²) in [5.74, 6) is 0. The smallest absolute Gasteiger partial charge is 0.264 e. The molecule has 0 amide bonds. The van der Waals surface area contributed by atoms with E-state index in [0.29, 0.717) is 19.1 Å². The molecule has 6 heteroatoms. The van der Waals surface area contributed by atoms with Crippen LogP contribution >= 0.6 is 0 Å². The SMILES string of the molecule is CS(=O)(=O)OCC[C@@H]1[C@H](OCc2ccccc2)CN1C1CCCCC1. The van der Waals surface area contributed by atoms with Crippen LogP contribution in [-0.4, -0.2) is 50.9 Å². The molecule has 1 saturated heterocycles. The number of likely N-dealkylation sites (tertiary alicyclic amines) is 1. The van der Waals surface area contributed by atoms with E-state index in [1.165, 1.54) is 37.7 Å². The molecule has 1 aliphatic heterocycles. The molecule has 25 heavy (non-hydrogen) atoms.